The second-order valence-corrected chi connectivity index (χ2v) is 4.46. The second-order valence-electron chi connectivity index (χ2n) is 4.46. The lowest BCUT2D eigenvalue weighted by atomic mass is 9.82. The summed E-state index contributed by atoms with van der Waals surface area (Å²) in [6.07, 6.45) is 3.71. The molecule has 0 atom stereocenters. The van der Waals surface area contributed by atoms with Crippen LogP contribution < -0.4 is 5.73 Å². The van der Waals surface area contributed by atoms with Gasteiger partial charge in [-0.1, -0.05) is 0 Å². The number of carbonyl (C=O) groups excluding carboxylic acids is 2. The Kier molecular flexibility index (Phi) is 5.97. The second kappa shape index (κ2) is 7.27. The Bertz CT molecular complexity index is 259. The summed E-state index contributed by atoms with van der Waals surface area (Å²) in [5, 5.41) is 0. The van der Waals surface area contributed by atoms with Crippen LogP contribution in [0.5, 0.6) is 0 Å². The zero-order valence-electron chi connectivity index (χ0n) is 10.3. The van der Waals surface area contributed by atoms with Gasteiger partial charge in [0.1, 0.15) is 13.2 Å². The Morgan fingerprint density at radius 2 is 1.71 bits per heavy atom. The van der Waals surface area contributed by atoms with E-state index in [2.05, 4.69) is 4.74 Å². The van der Waals surface area contributed by atoms with Crippen molar-refractivity contribution in [3.8, 4) is 0 Å². The van der Waals surface area contributed by atoms with Gasteiger partial charge in [0, 0.05) is 6.92 Å². The van der Waals surface area contributed by atoms with Crippen molar-refractivity contribution in [3.05, 3.63) is 0 Å². The van der Waals surface area contributed by atoms with Gasteiger partial charge >= 0.3 is 11.9 Å². The molecule has 0 bridgehead atoms. The molecule has 0 aromatic carbocycles. The maximum Gasteiger partial charge on any atom is 0.309 e. The highest BCUT2D eigenvalue weighted by atomic mass is 16.6. The van der Waals surface area contributed by atoms with Gasteiger partial charge in [-0.3, -0.25) is 9.59 Å². The molecular weight excluding hydrogens is 222 g/mol. The molecule has 2 N–H and O–H groups in total. The van der Waals surface area contributed by atoms with Crippen molar-refractivity contribution in [3.63, 3.8) is 0 Å². The lowest BCUT2D eigenvalue weighted by Crippen LogP contribution is -2.27. The van der Waals surface area contributed by atoms with Gasteiger partial charge < -0.3 is 15.2 Å². The van der Waals surface area contributed by atoms with E-state index in [9.17, 15) is 9.59 Å². The zero-order valence-corrected chi connectivity index (χ0v) is 10.3. The Balaban J connectivity index is 2.14. The summed E-state index contributed by atoms with van der Waals surface area (Å²) in [7, 11) is 0. The minimum atomic E-state index is -0.357. The first-order chi connectivity index (χ1) is 8.13. The maximum absolute atomic E-state index is 11.6. The Hall–Kier alpha value is -1.10. The van der Waals surface area contributed by atoms with E-state index in [0.29, 0.717) is 12.5 Å². The van der Waals surface area contributed by atoms with E-state index in [1.54, 1.807) is 0 Å². The predicted octanol–water partition coefficient (Wildman–Crippen LogP) is 0.858. The first-order valence-corrected chi connectivity index (χ1v) is 6.13. The van der Waals surface area contributed by atoms with Crippen molar-refractivity contribution in [2.45, 2.75) is 32.6 Å². The van der Waals surface area contributed by atoms with Gasteiger partial charge in [-0.2, -0.15) is 0 Å². The maximum atomic E-state index is 11.6. The van der Waals surface area contributed by atoms with Gasteiger partial charge in [-0.25, -0.2) is 0 Å². The summed E-state index contributed by atoms with van der Waals surface area (Å²) in [4.78, 5) is 22.1. The van der Waals surface area contributed by atoms with Crippen LogP contribution in [-0.2, 0) is 19.1 Å². The smallest absolute Gasteiger partial charge is 0.309 e. The molecule has 0 radical (unpaired) electrons. The van der Waals surface area contributed by atoms with Crippen LogP contribution in [-0.4, -0.2) is 31.7 Å². The quantitative estimate of drug-likeness (QED) is 0.572. The topological polar surface area (TPSA) is 78.6 Å². The predicted molar refractivity (Wildman–Crippen MR) is 62.1 cm³/mol. The molecule has 1 aliphatic carbocycles. The third-order valence-corrected chi connectivity index (χ3v) is 3.15. The number of ether oxygens (including phenoxy) is 2. The fourth-order valence-corrected chi connectivity index (χ4v) is 2.08. The van der Waals surface area contributed by atoms with Crippen molar-refractivity contribution in [2.24, 2.45) is 17.6 Å². The summed E-state index contributed by atoms with van der Waals surface area (Å²) in [5.41, 5.74) is 5.59. The lowest BCUT2D eigenvalue weighted by Gasteiger charge is -2.26. The highest BCUT2D eigenvalue weighted by Crippen LogP contribution is 2.28. The fourth-order valence-electron chi connectivity index (χ4n) is 2.08. The first-order valence-electron chi connectivity index (χ1n) is 6.13. The van der Waals surface area contributed by atoms with E-state index >= 15 is 0 Å². The minimum Gasteiger partial charge on any atom is -0.462 e. The van der Waals surface area contributed by atoms with Gasteiger partial charge in [0.2, 0.25) is 0 Å². The highest BCUT2D eigenvalue weighted by Gasteiger charge is 2.26. The lowest BCUT2D eigenvalue weighted by molar-refractivity contribution is -0.155. The van der Waals surface area contributed by atoms with Crippen LogP contribution in [0.25, 0.3) is 0 Å². The molecule has 5 heteroatoms. The number of rotatable bonds is 5. The van der Waals surface area contributed by atoms with Gasteiger partial charge in [0.25, 0.3) is 0 Å². The minimum absolute atomic E-state index is 0.00451. The monoisotopic (exact) mass is 243 g/mol. The van der Waals surface area contributed by atoms with Crippen LogP contribution in [0.15, 0.2) is 0 Å². The number of hydrogen-bond acceptors (Lipinski definition) is 5. The van der Waals surface area contributed by atoms with Gasteiger partial charge in [0.05, 0.1) is 5.92 Å². The van der Waals surface area contributed by atoms with Crippen LogP contribution in [0, 0.1) is 11.8 Å². The van der Waals surface area contributed by atoms with Crippen molar-refractivity contribution < 1.29 is 19.1 Å². The van der Waals surface area contributed by atoms with Crippen molar-refractivity contribution in [2.75, 3.05) is 19.8 Å². The van der Waals surface area contributed by atoms with Crippen LogP contribution in [0.2, 0.25) is 0 Å². The van der Waals surface area contributed by atoms with E-state index in [0.717, 1.165) is 25.7 Å². The molecule has 98 valence electrons. The van der Waals surface area contributed by atoms with Gasteiger partial charge in [-0.15, -0.1) is 0 Å². The Morgan fingerprint density at radius 1 is 1.12 bits per heavy atom. The first kappa shape index (κ1) is 14.0. The molecule has 0 aromatic rings. The summed E-state index contributed by atoms with van der Waals surface area (Å²) in [6.45, 7) is 2.32. The van der Waals surface area contributed by atoms with Gasteiger partial charge in [0.15, 0.2) is 0 Å². The number of carbonyl (C=O) groups is 2. The molecule has 0 aromatic heterocycles. The number of nitrogens with two attached hydrogens (primary N) is 1. The zero-order chi connectivity index (χ0) is 12.7. The molecule has 5 nitrogen and oxygen atoms in total. The highest BCUT2D eigenvalue weighted by molar-refractivity contribution is 5.72. The molecule has 1 aliphatic rings. The summed E-state index contributed by atoms with van der Waals surface area (Å²) in [5.74, 6) is 0.0207. The molecule has 1 rings (SSSR count). The molecule has 1 fully saturated rings. The fraction of sp³-hybridized carbons (Fsp3) is 0.833. The molecule has 0 aliphatic heterocycles. The average Bonchev–Trinajstić information content (AvgIpc) is 2.34. The molecule has 0 unspecified atom stereocenters. The summed E-state index contributed by atoms with van der Waals surface area (Å²) in [6, 6.07) is 0. The third-order valence-electron chi connectivity index (χ3n) is 3.15. The van der Waals surface area contributed by atoms with Crippen LogP contribution in [0.1, 0.15) is 32.6 Å². The van der Waals surface area contributed by atoms with Crippen molar-refractivity contribution in [1.29, 1.82) is 0 Å². The largest absolute Gasteiger partial charge is 0.462 e. The Labute approximate surface area is 102 Å². The molecule has 0 amide bonds. The van der Waals surface area contributed by atoms with Gasteiger partial charge in [-0.05, 0) is 38.1 Å². The van der Waals surface area contributed by atoms with Crippen LogP contribution >= 0.6 is 0 Å². The molecule has 17 heavy (non-hydrogen) atoms. The third kappa shape index (κ3) is 5.17. The molecule has 0 heterocycles. The van der Waals surface area contributed by atoms with Crippen LogP contribution in [0.4, 0.5) is 0 Å². The standard InChI is InChI=1S/C12H21NO4/c1-9(14)16-6-7-17-12(15)11-4-2-10(8-13)3-5-11/h10-11H,2-8,13H2,1H3/t10-,11-. The number of esters is 2. The van der Waals surface area contributed by atoms with Crippen molar-refractivity contribution >= 4 is 11.9 Å². The SMILES string of the molecule is CC(=O)OCCOC(=O)[C@H]1CC[C@H](CN)CC1. The summed E-state index contributed by atoms with van der Waals surface area (Å²) >= 11 is 0. The van der Waals surface area contributed by atoms with E-state index in [1.165, 1.54) is 6.92 Å². The average molecular weight is 243 g/mol. The summed E-state index contributed by atoms with van der Waals surface area (Å²) < 4.78 is 9.73. The van der Waals surface area contributed by atoms with E-state index in [-0.39, 0.29) is 31.1 Å². The molecule has 1 saturated carbocycles. The van der Waals surface area contributed by atoms with Crippen LogP contribution in [0.3, 0.4) is 0 Å². The molecule has 0 saturated heterocycles. The van der Waals surface area contributed by atoms with E-state index in [1.807, 2.05) is 0 Å². The molecule has 0 spiro atoms. The molecular formula is C12H21NO4. The van der Waals surface area contributed by atoms with Crippen molar-refractivity contribution in [1.82, 2.24) is 0 Å². The normalized spacial score (nSPS) is 24.1. The Morgan fingerprint density at radius 3 is 2.24 bits per heavy atom. The van der Waals surface area contributed by atoms with E-state index in [4.69, 9.17) is 10.5 Å². The van der Waals surface area contributed by atoms with E-state index < -0.39 is 0 Å². The number of hydrogen-bond donors (Lipinski definition) is 1.